The second kappa shape index (κ2) is 6.21. The van der Waals surface area contributed by atoms with E-state index in [0.29, 0.717) is 10.9 Å². The van der Waals surface area contributed by atoms with Crippen molar-refractivity contribution in [1.82, 2.24) is 0 Å². The van der Waals surface area contributed by atoms with Crippen LogP contribution < -0.4 is 0 Å². The van der Waals surface area contributed by atoms with E-state index in [2.05, 4.69) is 54.9 Å². The predicted octanol–water partition coefficient (Wildman–Crippen LogP) is 4.94. The van der Waals surface area contributed by atoms with Gasteiger partial charge in [-0.2, -0.15) is 0 Å². The maximum Gasteiger partial charge on any atom is 0.0580 e. The molecule has 1 atom stereocenters. The van der Waals surface area contributed by atoms with E-state index in [-0.39, 0.29) is 0 Å². The Balaban J connectivity index is 1.89. The lowest BCUT2D eigenvalue weighted by Crippen LogP contribution is -2.31. The van der Waals surface area contributed by atoms with Crippen LogP contribution in [0.1, 0.15) is 47.7 Å². The first-order valence-electron chi connectivity index (χ1n) is 6.93. The van der Waals surface area contributed by atoms with Crippen LogP contribution in [0.3, 0.4) is 0 Å². The molecule has 1 unspecified atom stereocenters. The van der Waals surface area contributed by atoms with Gasteiger partial charge in [-0.3, -0.25) is 0 Å². The molecule has 18 heavy (non-hydrogen) atoms. The fourth-order valence-corrected chi connectivity index (χ4v) is 3.78. The van der Waals surface area contributed by atoms with Gasteiger partial charge in [0.1, 0.15) is 0 Å². The molecule has 1 fully saturated rings. The Bertz CT molecular complexity index is 396. The number of hydrogen-bond donors (Lipinski definition) is 0. The van der Waals surface area contributed by atoms with E-state index in [9.17, 15) is 0 Å². The van der Waals surface area contributed by atoms with Crippen LogP contribution in [0.25, 0.3) is 0 Å². The Kier molecular flexibility index (Phi) is 4.85. The summed E-state index contributed by atoms with van der Waals surface area (Å²) in [4.78, 5) is 0.491. The molecule has 1 aromatic rings. The molecule has 100 valence electrons. The minimum absolute atomic E-state index is 0.491. The monoisotopic (exact) mass is 310 g/mol. The number of rotatable bonds is 5. The van der Waals surface area contributed by atoms with Gasteiger partial charge in [0.25, 0.3) is 0 Å². The van der Waals surface area contributed by atoms with E-state index in [4.69, 9.17) is 4.74 Å². The molecule has 0 aromatic heterocycles. The second-order valence-electron chi connectivity index (χ2n) is 5.48. The number of aryl methyl sites for hydroxylation is 2. The van der Waals surface area contributed by atoms with Crippen LogP contribution in [0, 0.1) is 19.8 Å². The van der Waals surface area contributed by atoms with Crippen molar-refractivity contribution >= 4 is 15.9 Å². The lowest BCUT2D eigenvalue weighted by molar-refractivity contribution is -0.0264. The van der Waals surface area contributed by atoms with Crippen molar-refractivity contribution < 1.29 is 4.74 Å². The van der Waals surface area contributed by atoms with Crippen molar-refractivity contribution in [1.29, 1.82) is 0 Å². The normalized spacial score (nSPS) is 24.7. The average molecular weight is 311 g/mol. The van der Waals surface area contributed by atoms with Gasteiger partial charge in [-0.05, 0) is 57.1 Å². The molecule has 0 radical (unpaired) electrons. The summed E-state index contributed by atoms with van der Waals surface area (Å²) in [5.74, 6) is 0.825. The smallest absolute Gasteiger partial charge is 0.0580 e. The molecule has 0 saturated heterocycles. The maximum absolute atomic E-state index is 5.62. The van der Waals surface area contributed by atoms with Crippen molar-refractivity contribution in [3.63, 3.8) is 0 Å². The molecule has 0 spiro atoms. The Hall–Kier alpha value is -0.340. The Morgan fingerprint density at radius 3 is 2.72 bits per heavy atom. The minimum atomic E-state index is 0.491. The zero-order valence-electron chi connectivity index (χ0n) is 11.6. The van der Waals surface area contributed by atoms with Gasteiger partial charge in [0.15, 0.2) is 0 Å². The summed E-state index contributed by atoms with van der Waals surface area (Å²) in [6.07, 6.45) is 4.23. The van der Waals surface area contributed by atoms with Gasteiger partial charge in [0, 0.05) is 11.4 Å². The first kappa shape index (κ1) is 14.1. The third-order valence-electron chi connectivity index (χ3n) is 3.91. The molecular formula is C16H23BrO. The van der Waals surface area contributed by atoms with E-state index < -0.39 is 0 Å². The van der Waals surface area contributed by atoms with Gasteiger partial charge in [0.05, 0.1) is 6.10 Å². The van der Waals surface area contributed by atoms with Crippen LogP contribution in [0.5, 0.6) is 0 Å². The molecular weight excluding hydrogens is 288 g/mol. The highest BCUT2D eigenvalue weighted by Crippen LogP contribution is 2.41. The molecule has 0 aliphatic heterocycles. The summed E-state index contributed by atoms with van der Waals surface area (Å²) in [7, 11) is 0. The molecule has 1 aliphatic rings. The second-order valence-corrected chi connectivity index (χ2v) is 6.58. The van der Waals surface area contributed by atoms with Crippen LogP contribution in [0.15, 0.2) is 18.2 Å². The molecule has 0 N–H and O–H groups in total. The van der Waals surface area contributed by atoms with Crippen molar-refractivity contribution in [2.45, 2.75) is 51.0 Å². The molecule has 1 aromatic carbocycles. The predicted molar refractivity (Wildman–Crippen MR) is 80.3 cm³/mol. The largest absolute Gasteiger partial charge is 0.378 e. The van der Waals surface area contributed by atoms with Gasteiger partial charge in [-0.1, -0.05) is 39.7 Å². The van der Waals surface area contributed by atoms with Crippen molar-refractivity contribution in [2.24, 2.45) is 5.92 Å². The first-order chi connectivity index (χ1) is 8.60. The lowest BCUT2D eigenvalue weighted by Gasteiger charge is -2.36. The molecule has 0 heterocycles. The number of ether oxygens (including phenoxy) is 1. The molecule has 0 bridgehead atoms. The number of halogens is 1. The fourth-order valence-electron chi connectivity index (χ4n) is 2.76. The SMILES string of the molecule is CCOC1CC(CC(Br)c2cc(C)ccc2C)C1. The summed E-state index contributed by atoms with van der Waals surface area (Å²) in [6, 6.07) is 6.73. The van der Waals surface area contributed by atoms with Crippen molar-refractivity contribution in [3.8, 4) is 0 Å². The third kappa shape index (κ3) is 3.36. The van der Waals surface area contributed by atoms with Crippen LogP contribution in [-0.4, -0.2) is 12.7 Å². The zero-order chi connectivity index (χ0) is 13.1. The Morgan fingerprint density at radius 1 is 1.33 bits per heavy atom. The topological polar surface area (TPSA) is 9.23 Å². The summed E-state index contributed by atoms with van der Waals surface area (Å²) >= 11 is 3.86. The third-order valence-corrected chi connectivity index (χ3v) is 4.77. The van der Waals surface area contributed by atoms with Crippen molar-refractivity contribution in [3.05, 3.63) is 34.9 Å². The maximum atomic E-state index is 5.62. The van der Waals surface area contributed by atoms with E-state index >= 15 is 0 Å². The first-order valence-corrected chi connectivity index (χ1v) is 7.84. The molecule has 1 nitrogen and oxygen atoms in total. The highest BCUT2D eigenvalue weighted by molar-refractivity contribution is 9.09. The van der Waals surface area contributed by atoms with E-state index in [1.165, 1.54) is 36.0 Å². The van der Waals surface area contributed by atoms with E-state index in [1.54, 1.807) is 0 Å². The molecule has 0 amide bonds. The summed E-state index contributed by atoms with van der Waals surface area (Å²) < 4.78 is 5.62. The van der Waals surface area contributed by atoms with Crippen LogP contribution in [-0.2, 0) is 4.74 Å². The lowest BCUT2D eigenvalue weighted by atomic mass is 9.78. The van der Waals surface area contributed by atoms with Gasteiger partial charge in [-0.25, -0.2) is 0 Å². The van der Waals surface area contributed by atoms with E-state index in [1.807, 2.05) is 0 Å². The molecule has 2 rings (SSSR count). The fraction of sp³-hybridized carbons (Fsp3) is 0.625. The molecule has 1 aliphatic carbocycles. The minimum Gasteiger partial charge on any atom is -0.378 e. The summed E-state index contributed by atoms with van der Waals surface area (Å²) in [5.41, 5.74) is 4.19. The Morgan fingerprint density at radius 2 is 2.06 bits per heavy atom. The average Bonchev–Trinajstić information content (AvgIpc) is 2.29. The quantitative estimate of drug-likeness (QED) is 0.700. The van der Waals surface area contributed by atoms with Crippen LogP contribution >= 0.6 is 15.9 Å². The number of alkyl halides is 1. The molecule has 2 heteroatoms. The van der Waals surface area contributed by atoms with Gasteiger partial charge < -0.3 is 4.74 Å². The molecule has 1 saturated carbocycles. The van der Waals surface area contributed by atoms with E-state index in [0.717, 1.165) is 12.5 Å². The van der Waals surface area contributed by atoms with Gasteiger partial charge in [0.2, 0.25) is 0 Å². The van der Waals surface area contributed by atoms with Crippen LogP contribution in [0.4, 0.5) is 0 Å². The van der Waals surface area contributed by atoms with Gasteiger partial charge >= 0.3 is 0 Å². The zero-order valence-corrected chi connectivity index (χ0v) is 13.2. The number of benzene rings is 1. The Labute approximate surface area is 119 Å². The standard InChI is InChI=1S/C16H23BrO/c1-4-18-14-8-13(9-14)10-16(17)15-7-11(2)5-6-12(15)3/h5-7,13-14,16H,4,8-10H2,1-3H3. The van der Waals surface area contributed by atoms with Crippen molar-refractivity contribution in [2.75, 3.05) is 6.61 Å². The highest BCUT2D eigenvalue weighted by Gasteiger charge is 2.31. The number of hydrogen-bond acceptors (Lipinski definition) is 1. The summed E-state index contributed by atoms with van der Waals surface area (Å²) in [5, 5.41) is 0. The summed E-state index contributed by atoms with van der Waals surface area (Å²) in [6.45, 7) is 7.30. The van der Waals surface area contributed by atoms with Gasteiger partial charge in [-0.15, -0.1) is 0 Å². The highest BCUT2D eigenvalue weighted by atomic mass is 79.9. The van der Waals surface area contributed by atoms with Crippen LogP contribution in [0.2, 0.25) is 0 Å².